The van der Waals surface area contributed by atoms with E-state index in [1.54, 1.807) is 0 Å². The first-order valence-electron chi connectivity index (χ1n) is 7.52. The van der Waals surface area contributed by atoms with Gasteiger partial charge in [-0.15, -0.1) is 0 Å². The van der Waals surface area contributed by atoms with Crippen LogP contribution in [0.1, 0.15) is 30.5 Å². The minimum absolute atomic E-state index is 0.0130. The molecule has 0 aliphatic rings. The zero-order valence-electron chi connectivity index (χ0n) is 13.1. The van der Waals surface area contributed by atoms with Crippen LogP contribution in [0.2, 0.25) is 0 Å². The van der Waals surface area contributed by atoms with Crippen molar-refractivity contribution < 1.29 is 0 Å². The average Bonchev–Trinajstić information content (AvgIpc) is 2.49. The summed E-state index contributed by atoms with van der Waals surface area (Å²) in [7, 11) is 0. The number of benzene rings is 2. The van der Waals surface area contributed by atoms with Crippen molar-refractivity contribution in [1.82, 2.24) is 0 Å². The van der Waals surface area contributed by atoms with Gasteiger partial charge in [-0.1, -0.05) is 67.1 Å². The third-order valence-electron chi connectivity index (χ3n) is 4.42. The van der Waals surface area contributed by atoms with Crippen molar-refractivity contribution in [3.63, 3.8) is 0 Å². The van der Waals surface area contributed by atoms with Crippen molar-refractivity contribution >= 4 is 0 Å². The van der Waals surface area contributed by atoms with Crippen LogP contribution in [0.4, 0.5) is 0 Å². The lowest BCUT2D eigenvalue weighted by Gasteiger charge is -2.32. The Balaban J connectivity index is 2.25. The number of hydrogen-bond acceptors (Lipinski definition) is 1. The van der Waals surface area contributed by atoms with Crippen molar-refractivity contribution in [2.45, 2.75) is 33.6 Å². The minimum Gasteiger partial charge on any atom is -0.198 e. The number of aryl methyl sites for hydroxylation is 1. The average molecular weight is 277 g/mol. The van der Waals surface area contributed by atoms with Gasteiger partial charge in [0.05, 0.1) is 6.07 Å². The normalized spacial score (nSPS) is 15.0. The van der Waals surface area contributed by atoms with Gasteiger partial charge in [0.15, 0.2) is 0 Å². The van der Waals surface area contributed by atoms with E-state index in [4.69, 9.17) is 0 Å². The second kappa shape index (κ2) is 6.59. The lowest BCUT2D eigenvalue weighted by molar-refractivity contribution is 0.245. The molecule has 0 aromatic heterocycles. The lowest BCUT2D eigenvalue weighted by Crippen LogP contribution is -2.30. The van der Waals surface area contributed by atoms with Gasteiger partial charge >= 0.3 is 0 Å². The molecule has 0 heterocycles. The molecule has 1 heteroatoms. The van der Waals surface area contributed by atoms with Crippen LogP contribution in [0.15, 0.2) is 54.6 Å². The van der Waals surface area contributed by atoms with Crippen LogP contribution in [0.3, 0.4) is 0 Å². The summed E-state index contributed by atoms with van der Waals surface area (Å²) in [4.78, 5) is 0. The number of nitrogens with zero attached hydrogens (tertiary/aromatic N) is 1. The summed E-state index contributed by atoms with van der Waals surface area (Å²) in [5, 5.41) is 9.42. The molecule has 0 saturated heterocycles. The van der Waals surface area contributed by atoms with Crippen LogP contribution in [0, 0.1) is 29.6 Å². The van der Waals surface area contributed by atoms with E-state index in [1.807, 2.05) is 13.0 Å². The predicted octanol–water partition coefficient (Wildman–Crippen LogP) is 4.95. The Morgan fingerprint density at radius 3 is 2.00 bits per heavy atom. The minimum atomic E-state index is -0.0502. The number of rotatable bonds is 5. The molecule has 0 saturated carbocycles. The third-order valence-corrected chi connectivity index (χ3v) is 4.42. The van der Waals surface area contributed by atoms with Crippen molar-refractivity contribution in [1.29, 1.82) is 5.26 Å². The van der Waals surface area contributed by atoms with Gasteiger partial charge in [0, 0.05) is 5.92 Å². The molecule has 0 fully saturated rings. The van der Waals surface area contributed by atoms with E-state index in [1.165, 1.54) is 16.7 Å². The maximum Gasteiger partial charge on any atom is 0.0658 e. The van der Waals surface area contributed by atoms with Gasteiger partial charge in [-0.3, -0.25) is 0 Å². The lowest BCUT2D eigenvalue weighted by atomic mass is 9.70. The van der Waals surface area contributed by atoms with Crippen LogP contribution in [-0.4, -0.2) is 0 Å². The summed E-state index contributed by atoms with van der Waals surface area (Å²) in [6.07, 6.45) is 1.85. The molecular weight excluding hydrogens is 254 g/mol. The molecule has 2 unspecified atom stereocenters. The Morgan fingerprint density at radius 1 is 0.952 bits per heavy atom. The van der Waals surface area contributed by atoms with E-state index in [0.29, 0.717) is 0 Å². The quantitative estimate of drug-likeness (QED) is 0.759. The predicted molar refractivity (Wildman–Crippen MR) is 87.9 cm³/mol. The van der Waals surface area contributed by atoms with E-state index in [0.717, 1.165) is 12.8 Å². The molecular formula is C20H23N. The molecule has 2 atom stereocenters. The van der Waals surface area contributed by atoms with E-state index >= 15 is 0 Å². The third kappa shape index (κ3) is 3.95. The second-order valence-corrected chi connectivity index (χ2v) is 6.33. The zero-order chi connectivity index (χ0) is 15.3. The van der Waals surface area contributed by atoms with Gasteiger partial charge in [0.25, 0.3) is 0 Å². The summed E-state index contributed by atoms with van der Waals surface area (Å²) in [6.45, 7) is 6.37. The van der Waals surface area contributed by atoms with Gasteiger partial charge in [-0.2, -0.15) is 5.26 Å². The monoisotopic (exact) mass is 277 g/mol. The zero-order valence-corrected chi connectivity index (χ0v) is 13.1. The molecule has 1 nitrogen and oxygen atoms in total. The summed E-state index contributed by atoms with van der Waals surface area (Å²) in [5.41, 5.74) is 3.83. The highest BCUT2D eigenvalue weighted by atomic mass is 14.4. The molecule has 0 N–H and O–H groups in total. The first kappa shape index (κ1) is 15.3. The first-order valence-corrected chi connectivity index (χ1v) is 7.52. The molecule has 2 aromatic carbocycles. The highest BCUT2D eigenvalue weighted by Gasteiger charge is 2.31. The fraction of sp³-hybridized carbons (Fsp3) is 0.350. The maximum absolute atomic E-state index is 9.42. The second-order valence-electron chi connectivity index (χ2n) is 6.33. The summed E-state index contributed by atoms with van der Waals surface area (Å²) < 4.78 is 0. The molecule has 0 radical (unpaired) electrons. The molecule has 0 bridgehead atoms. The summed E-state index contributed by atoms with van der Waals surface area (Å²) in [5.74, 6) is 0.0130. The van der Waals surface area contributed by atoms with Gasteiger partial charge < -0.3 is 0 Å². The van der Waals surface area contributed by atoms with Crippen molar-refractivity contribution in [3.05, 3.63) is 71.3 Å². The van der Waals surface area contributed by atoms with Crippen LogP contribution in [-0.2, 0) is 12.8 Å². The van der Waals surface area contributed by atoms with E-state index in [-0.39, 0.29) is 11.3 Å². The molecule has 2 aromatic rings. The van der Waals surface area contributed by atoms with Crippen molar-refractivity contribution in [3.8, 4) is 6.07 Å². The SMILES string of the molecule is Cc1ccc(CC(C)(Cc2ccccc2)C(C)C#N)cc1. The molecule has 21 heavy (non-hydrogen) atoms. The summed E-state index contributed by atoms with van der Waals surface area (Å²) >= 11 is 0. The molecule has 0 spiro atoms. The van der Waals surface area contributed by atoms with Crippen molar-refractivity contribution in [2.24, 2.45) is 11.3 Å². The number of hydrogen-bond donors (Lipinski definition) is 0. The number of nitriles is 1. The van der Waals surface area contributed by atoms with E-state index < -0.39 is 0 Å². The largest absolute Gasteiger partial charge is 0.198 e. The Hall–Kier alpha value is -2.07. The maximum atomic E-state index is 9.42. The molecule has 0 aliphatic carbocycles. The highest BCUT2D eigenvalue weighted by Crippen LogP contribution is 2.35. The van der Waals surface area contributed by atoms with Crippen LogP contribution in [0.5, 0.6) is 0 Å². The smallest absolute Gasteiger partial charge is 0.0658 e. The van der Waals surface area contributed by atoms with Gasteiger partial charge in [-0.05, 0) is 43.2 Å². The fourth-order valence-corrected chi connectivity index (χ4v) is 2.76. The van der Waals surface area contributed by atoms with Gasteiger partial charge in [0.2, 0.25) is 0 Å². The molecule has 108 valence electrons. The van der Waals surface area contributed by atoms with E-state index in [2.05, 4.69) is 68.4 Å². The molecule has 0 amide bonds. The molecule has 2 rings (SSSR count). The highest BCUT2D eigenvalue weighted by molar-refractivity contribution is 5.24. The Labute approximate surface area is 128 Å². The first-order chi connectivity index (χ1) is 10.0. The van der Waals surface area contributed by atoms with Gasteiger partial charge in [0.1, 0.15) is 0 Å². The van der Waals surface area contributed by atoms with Crippen LogP contribution < -0.4 is 0 Å². The Bertz CT molecular complexity index is 607. The standard InChI is InChI=1S/C20H23N/c1-16-9-11-19(12-10-16)14-20(3,17(2)15-21)13-18-7-5-4-6-8-18/h4-12,17H,13-14H2,1-3H3. The van der Waals surface area contributed by atoms with Gasteiger partial charge in [-0.25, -0.2) is 0 Å². The van der Waals surface area contributed by atoms with Crippen LogP contribution in [0.25, 0.3) is 0 Å². The van der Waals surface area contributed by atoms with E-state index in [9.17, 15) is 5.26 Å². The fourth-order valence-electron chi connectivity index (χ4n) is 2.76. The summed E-state index contributed by atoms with van der Waals surface area (Å²) in [6, 6.07) is 21.6. The molecule has 0 aliphatic heterocycles. The topological polar surface area (TPSA) is 23.8 Å². The Morgan fingerprint density at radius 2 is 1.48 bits per heavy atom. The van der Waals surface area contributed by atoms with Crippen LogP contribution >= 0.6 is 0 Å². The Kier molecular flexibility index (Phi) is 4.81. The van der Waals surface area contributed by atoms with Crippen molar-refractivity contribution in [2.75, 3.05) is 0 Å².